The van der Waals surface area contributed by atoms with Crippen LogP contribution in [0.2, 0.25) is 0 Å². The zero-order valence-corrected chi connectivity index (χ0v) is 13.7. The first-order valence-electron chi connectivity index (χ1n) is 7.85. The van der Waals surface area contributed by atoms with Crippen LogP contribution in [-0.2, 0) is 9.59 Å². The van der Waals surface area contributed by atoms with Crippen LogP contribution in [0.3, 0.4) is 0 Å². The van der Waals surface area contributed by atoms with Crippen molar-refractivity contribution in [2.24, 2.45) is 5.92 Å². The zero-order valence-electron chi connectivity index (χ0n) is 13.7. The molecule has 0 unspecified atom stereocenters. The van der Waals surface area contributed by atoms with Crippen molar-refractivity contribution in [1.29, 1.82) is 0 Å². The van der Waals surface area contributed by atoms with Gasteiger partial charge in [0, 0.05) is 25.2 Å². The summed E-state index contributed by atoms with van der Waals surface area (Å²) < 4.78 is 5.17. The summed E-state index contributed by atoms with van der Waals surface area (Å²) in [5.41, 5.74) is 1.63. The zero-order chi connectivity index (χ0) is 17.1. The van der Waals surface area contributed by atoms with Crippen LogP contribution in [0, 0.1) is 5.92 Å². The van der Waals surface area contributed by atoms with Gasteiger partial charge < -0.3 is 15.0 Å². The number of nitrogens with zero attached hydrogens (tertiary/aromatic N) is 1. The van der Waals surface area contributed by atoms with Gasteiger partial charge >= 0.3 is 0 Å². The summed E-state index contributed by atoms with van der Waals surface area (Å²) in [6.45, 7) is 0. The van der Waals surface area contributed by atoms with Crippen molar-refractivity contribution in [2.75, 3.05) is 19.5 Å². The number of carbonyl (C=O) groups excluding carboxylic acids is 2. The van der Waals surface area contributed by atoms with Crippen molar-refractivity contribution in [3.05, 3.63) is 60.2 Å². The minimum Gasteiger partial charge on any atom is -0.497 e. The number of amides is 2. The molecule has 0 saturated carbocycles. The highest BCUT2D eigenvalue weighted by atomic mass is 16.5. The lowest BCUT2D eigenvalue weighted by Crippen LogP contribution is -2.30. The van der Waals surface area contributed by atoms with E-state index in [9.17, 15) is 9.59 Å². The van der Waals surface area contributed by atoms with Crippen molar-refractivity contribution in [2.45, 2.75) is 12.5 Å². The Bertz CT molecular complexity index is 745. The van der Waals surface area contributed by atoms with E-state index in [1.54, 1.807) is 31.2 Å². The second kappa shape index (κ2) is 6.74. The normalized spacial score (nSPS) is 20.1. The molecule has 1 saturated heterocycles. The first kappa shape index (κ1) is 16.1. The Balaban J connectivity index is 1.83. The Hall–Kier alpha value is -2.82. The molecule has 0 aromatic heterocycles. The lowest BCUT2D eigenvalue weighted by Gasteiger charge is -2.25. The number of hydrogen-bond donors (Lipinski definition) is 1. The topological polar surface area (TPSA) is 58.6 Å². The van der Waals surface area contributed by atoms with Crippen LogP contribution in [0.1, 0.15) is 18.0 Å². The second-order valence-corrected chi connectivity index (χ2v) is 5.89. The highest BCUT2D eigenvalue weighted by Crippen LogP contribution is 2.37. The minimum atomic E-state index is -0.420. The molecule has 124 valence electrons. The second-order valence-electron chi connectivity index (χ2n) is 5.89. The number of anilines is 1. The summed E-state index contributed by atoms with van der Waals surface area (Å²) in [5.74, 6) is 0.0765. The lowest BCUT2D eigenvalue weighted by molar-refractivity contribution is -0.127. The molecule has 1 aliphatic rings. The van der Waals surface area contributed by atoms with Gasteiger partial charge in [-0.2, -0.15) is 0 Å². The van der Waals surface area contributed by atoms with Crippen molar-refractivity contribution in [3.63, 3.8) is 0 Å². The Labute approximate surface area is 141 Å². The van der Waals surface area contributed by atoms with Gasteiger partial charge in [0.15, 0.2) is 0 Å². The summed E-state index contributed by atoms with van der Waals surface area (Å²) >= 11 is 0. The van der Waals surface area contributed by atoms with Crippen LogP contribution in [-0.4, -0.2) is 30.9 Å². The molecule has 1 fully saturated rings. The summed E-state index contributed by atoms with van der Waals surface area (Å²) in [5, 5.41) is 2.90. The molecule has 0 spiro atoms. The predicted molar refractivity (Wildman–Crippen MR) is 91.7 cm³/mol. The molecule has 1 aliphatic heterocycles. The fourth-order valence-electron chi connectivity index (χ4n) is 3.15. The Morgan fingerprint density at radius 1 is 1.17 bits per heavy atom. The average molecular weight is 324 g/mol. The predicted octanol–water partition coefficient (Wildman–Crippen LogP) is 2.85. The highest BCUT2D eigenvalue weighted by molar-refractivity contribution is 5.98. The summed E-state index contributed by atoms with van der Waals surface area (Å²) in [6.07, 6.45) is 0.214. The maximum atomic E-state index is 12.8. The lowest BCUT2D eigenvalue weighted by atomic mass is 9.93. The molecule has 2 amide bonds. The monoisotopic (exact) mass is 324 g/mol. The van der Waals surface area contributed by atoms with Gasteiger partial charge in [0.25, 0.3) is 0 Å². The molecule has 0 aliphatic carbocycles. The van der Waals surface area contributed by atoms with Crippen LogP contribution in [0.5, 0.6) is 5.75 Å². The molecular formula is C19H20N2O3. The van der Waals surface area contributed by atoms with E-state index >= 15 is 0 Å². The summed E-state index contributed by atoms with van der Waals surface area (Å²) in [6, 6.07) is 16.6. The van der Waals surface area contributed by atoms with Gasteiger partial charge in [-0.25, -0.2) is 0 Å². The fraction of sp³-hybridized carbons (Fsp3) is 0.263. The van der Waals surface area contributed by atoms with Gasteiger partial charge in [0.05, 0.1) is 19.1 Å². The maximum absolute atomic E-state index is 12.8. The highest BCUT2D eigenvalue weighted by Gasteiger charge is 2.42. The first-order valence-corrected chi connectivity index (χ1v) is 7.85. The van der Waals surface area contributed by atoms with Crippen molar-refractivity contribution in [1.82, 2.24) is 4.90 Å². The molecule has 2 aromatic carbocycles. The van der Waals surface area contributed by atoms with Gasteiger partial charge in [0.1, 0.15) is 5.75 Å². The Morgan fingerprint density at radius 2 is 1.92 bits per heavy atom. The molecule has 24 heavy (non-hydrogen) atoms. The molecule has 0 radical (unpaired) electrons. The number of ether oxygens (including phenoxy) is 1. The third-order valence-electron chi connectivity index (χ3n) is 4.40. The third kappa shape index (κ3) is 3.11. The van der Waals surface area contributed by atoms with Crippen molar-refractivity contribution < 1.29 is 14.3 Å². The van der Waals surface area contributed by atoms with E-state index in [4.69, 9.17) is 4.74 Å². The minimum absolute atomic E-state index is 0.0188. The standard InChI is InChI=1S/C19H20N2O3/c1-21-17(22)12-16(18(21)13-7-4-3-5-8-13)19(23)20-14-9-6-10-15(11-14)24-2/h3-11,16,18H,12H2,1-2H3,(H,20,23)/t16-,18+/m0/s1. The molecule has 2 aromatic rings. The quantitative estimate of drug-likeness (QED) is 0.941. The summed E-state index contributed by atoms with van der Waals surface area (Å²) in [4.78, 5) is 26.6. The molecular weight excluding hydrogens is 304 g/mol. The fourth-order valence-corrected chi connectivity index (χ4v) is 3.15. The largest absolute Gasteiger partial charge is 0.497 e. The van der Waals surface area contributed by atoms with Crippen LogP contribution in [0.25, 0.3) is 0 Å². The molecule has 5 heteroatoms. The van der Waals surface area contributed by atoms with Crippen LogP contribution >= 0.6 is 0 Å². The van der Waals surface area contributed by atoms with E-state index < -0.39 is 5.92 Å². The SMILES string of the molecule is COc1cccc(NC(=O)[C@H]2CC(=O)N(C)[C@@H]2c2ccccc2)c1. The number of nitrogens with one attached hydrogen (secondary N) is 1. The summed E-state index contributed by atoms with van der Waals surface area (Å²) in [7, 11) is 3.33. The Morgan fingerprint density at radius 3 is 2.62 bits per heavy atom. The number of rotatable bonds is 4. The number of hydrogen-bond acceptors (Lipinski definition) is 3. The number of methoxy groups -OCH3 is 1. The van der Waals surface area contributed by atoms with Crippen LogP contribution < -0.4 is 10.1 Å². The van der Waals surface area contributed by atoms with E-state index in [0.717, 1.165) is 5.56 Å². The molecule has 1 heterocycles. The van der Waals surface area contributed by atoms with E-state index in [-0.39, 0.29) is 24.3 Å². The van der Waals surface area contributed by atoms with E-state index in [1.807, 2.05) is 42.5 Å². The number of likely N-dealkylation sites (tertiary alicyclic amines) is 1. The van der Waals surface area contributed by atoms with Gasteiger partial charge in [-0.1, -0.05) is 36.4 Å². The van der Waals surface area contributed by atoms with Gasteiger partial charge in [-0.3, -0.25) is 9.59 Å². The molecule has 0 bridgehead atoms. The van der Waals surface area contributed by atoms with E-state index in [1.165, 1.54) is 0 Å². The van der Waals surface area contributed by atoms with Crippen LogP contribution in [0.15, 0.2) is 54.6 Å². The van der Waals surface area contributed by atoms with Gasteiger partial charge in [-0.05, 0) is 17.7 Å². The molecule has 5 nitrogen and oxygen atoms in total. The maximum Gasteiger partial charge on any atom is 0.230 e. The van der Waals surface area contributed by atoms with E-state index in [0.29, 0.717) is 11.4 Å². The number of carbonyl (C=O) groups is 2. The average Bonchev–Trinajstić information content (AvgIpc) is 2.91. The van der Waals surface area contributed by atoms with Crippen molar-refractivity contribution >= 4 is 17.5 Å². The molecule has 3 rings (SSSR count). The molecule has 2 atom stereocenters. The Kier molecular flexibility index (Phi) is 4.51. The van der Waals surface area contributed by atoms with Crippen molar-refractivity contribution in [3.8, 4) is 5.75 Å². The third-order valence-corrected chi connectivity index (χ3v) is 4.40. The first-order chi connectivity index (χ1) is 11.6. The smallest absolute Gasteiger partial charge is 0.230 e. The molecule has 1 N–H and O–H groups in total. The van der Waals surface area contributed by atoms with Gasteiger partial charge in [-0.15, -0.1) is 0 Å². The number of benzene rings is 2. The van der Waals surface area contributed by atoms with Gasteiger partial charge in [0.2, 0.25) is 11.8 Å². The van der Waals surface area contributed by atoms with E-state index in [2.05, 4.69) is 5.32 Å². The van der Waals surface area contributed by atoms with Crippen LogP contribution in [0.4, 0.5) is 5.69 Å².